The number of halogens is 3. The Bertz CT molecular complexity index is 1220. The molecule has 8 heteroatoms. The van der Waals surface area contributed by atoms with E-state index >= 15 is 0 Å². The second-order valence-corrected chi connectivity index (χ2v) is 7.64. The highest BCUT2D eigenvalue weighted by atomic mass is 79.9. The zero-order valence-electron chi connectivity index (χ0n) is 14.0. The number of phenols is 1. The number of benzene rings is 3. The summed E-state index contributed by atoms with van der Waals surface area (Å²) in [6, 6.07) is 14.8. The van der Waals surface area contributed by atoms with Crippen molar-refractivity contribution >= 4 is 61.8 Å². The van der Waals surface area contributed by atoms with Gasteiger partial charge in [0.1, 0.15) is 11.3 Å². The molecular formula is C20H11BrCl2N2O3. The largest absolute Gasteiger partial charge is 0.507 e. The number of nitrogens with one attached hydrogen (secondary N) is 1. The van der Waals surface area contributed by atoms with E-state index in [-0.39, 0.29) is 16.7 Å². The van der Waals surface area contributed by atoms with Crippen LogP contribution in [-0.2, 0) is 0 Å². The fraction of sp³-hybridized carbons (Fsp3) is 0. The first-order valence-electron chi connectivity index (χ1n) is 8.06. The molecule has 0 aliphatic heterocycles. The van der Waals surface area contributed by atoms with Gasteiger partial charge >= 0.3 is 0 Å². The monoisotopic (exact) mass is 476 g/mol. The zero-order chi connectivity index (χ0) is 19.8. The quantitative estimate of drug-likeness (QED) is 0.352. The number of anilines is 1. The van der Waals surface area contributed by atoms with Crippen molar-refractivity contribution in [2.75, 3.05) is 5.32 Å². The van der Waals surface area contributed by atoms with Crippen molar-refractivity contribution in [1.29, 1.82) is 0 Å². The number of amides is 1. The third-order valence-electron chi connectivity index (χ3n) is 4.02. The van der Waals surface area contributed by atoms with Gasteiger partial charge in [-0.25, -0.2) is 4.98 Å². The minimum Gasteiger partial charge on any atom is -0.507 e. The Morgan fingerprint density at radius 1 is 1.07 bits per heavy atom. The number of phenolic OH excluding ortho intramolecular Hbond substituents is 1. The normalized spacial score (nSPS) is 11.0. The van der Waals surface area contributed by atoms with E-state index in [1.165, 1.54) is 6.07 Å². The summed E-state index contributed by atoms with van der Waals surface area (Å²) in [5.74, 6) is 0.179. The van der Waals surface area contributed by atoms with Crippen molar-refractivity contribution in [2.24, 2.45) is 0 Å². The molecular weight excluding hydrogens is 467 g/mol. The van der Waals surface area contributed by atoms with E-state index in [2.05, 4.69) is 26.2 Å². The molecule has 0 radical (unpaired) electrons. The molecule has 1 heterocycles. The lowest BCUT2D eigenvalue weighted by Gasteiger charge is -2.06. The lowest BCUT2D eigenvalue weighted by molar-refractivity contribution is 0.102. The molecule has 0 atom stereocenters. The molecule has 0 unspecified atom stereocenters. The van der Waals surface area contributed by atoms with Crippen LogP contribution in [0, 0.1) is 0 Å². The summed E-state index contributed by atoms with van der Waals surface area (Å²) in [6.45, 7) is 0. The number of rotatable bonds is 3. The Morgan fingerprint density at radius 2 is 1.89 bits per heavy atom. The van der Waals surface area contributed by atoms with Crippen molar-refractivity contribution in [2.45, 2.75) is 0 Å². The number of fused-ring (bicyclic) bond motifs is 1. The van der Waals surface area contributed by atoms with E-state index in [0.717, 1.165) is 0 Å². The van der Waals surface area contributed by atoms with Gasteiger partial charge in [-0.1, -0.05) is 23.2 Å². The predicted molar refractivity (Wildman–Crippen MR) is 113 cm³/mol. The molecule has 28 heavy (non-hydrogen) atoms. The Kier molecular flexibility index (Phi) is 5.02. The molecule has 0 spiro atoms. The fourth-order valence-electron chi connectivity index (χ4n) is 2.64. The van der Waals surface area contributed by atoms with E-state index < -0.39 is 0 Å². The summed E-state index contributed by atoms with van der Waals surface area (Å²) >= 11 is 15.2. The molecule has 0 saturated carbocycles. The summed E-state index contributed by atoms with van der Waals surface area (Å²) < 4.78 is 6.31. The summed E-state index contributed by atoms with van der Waals surface area (Å²) in [5, 5.41) is 13.1. The predicted octanol–water partition coefficient (Wildman–Crippen LogP) is 6.52. The van der Waals surface area contributed by atoms with Crippen LogP contribution in [0.4, 0.5) is 5.69 Å². The highest BCUT2D eigenvalue weighted by Crippen LogP contribution is 2.32. The lowest BCUT2D eigenvalue weighted by atomic mass is 10.2. The van der Waals surface area contributed by atoms with Gasteiger partial charge in [-0.15, -0.1) is 0 Å². The minimum absolute atomic E-state index is 0.130. The summed E-state index contributed by atoms with van der Waals surface area (Å²) in [4.78, 5) is 16.9. The molecule has 0 aliphatic rings. The number of aromatic hydroxyl groups is 1. The second kappa shape index (κ2) is 7.47. The van der Waals surface area contributed by atoms with Crippen LogP contribution in [0.3, 0.4) is 0 Å². The Labute approximate surface area is 178 Å². The highest BCUT2D eigenvalue weighted by Gasteiger charge is 2.14. The van der Waals surface area contributed by atoms with Crippen molar-refractivity contribution in [3.63, 3.8) is 0 Å². The van der Waals surface area contributed by atoms with Gasteiger partial charge in [0.15, 0.2) is 5.58 Å². The van der Waals surface area contributed by atoms with Crippen LogP contribution >= 0.6 is 39.1 Å². The molecule has 0 bridgehead atoms. The number of hydrogen-bond donors (Lipinski definition) is 2. The average molecular weight is 478 g/mol. The van der Waals surface area contributed by atoms with Crippen LogP contribution in [0.15, 0.2) is 63.5 Å². The van der Waals surface area contributed by atoms with Crippen molar-refractivity contribution in [3.05, 3.63) is 74.7 Å². The zero-order valence-corrected chi connectivity index (χ0v) is 17.1. The van der Waals surface area contributed by atoms with Gasteiger partial charge in [0, 0.05) is 16.3 Å². The Morgan fingerprint density at radius 3 is 2.64 bits per heavy atom. The lowest BCUT2D eigenvalue weighted by Crippen LogP contribution is -2.12. The molecule has 140 valence electrons. The van der Waals surface area contributed by atoms with Crippen LogP contribution in [0.5, 0.6) is 5.75 Å². The summed E-state index contributed by atoms with van der Waals surface area (Å²) in [5.41, 5.74) is 2.73. The van der Waals surface area contributed by atoms with Gasteiger partial charge in [0.2, 0.25) is 5.89 Å². The minimum atomic E-state index is -0.354. The number of carbonyl (C=O) groups is 1. The van der Waals surface area contributed by atoms with Gasteiger partial charge in [-0.05, 0) is 70.5 Å². The molecule has 3 aromatic carbocycles. The van der Waals surface area contributed by atoms with Gasteiger partial charge < -0.3 is 14.8 Å². The molecule has 4 aromatic rings. The van der Waals surface area contributed by atoms with Crippen LogP contribution in [0.1, 0.15) is 10.4 Å². The van der Waals surface area contributed by atoms with Crippen LogP contribution in [0.2, 0.25) is 10.0 Å². The van der Waals surface area contributed by atoms with Gasteiger partial charge in [-0.2, -0.15) is 0 Å². The van der Waals surface area contributed by atoms with E-state index in [9.17, 15) is 9.90 Å². The third kappa shape index (κ3) is 3.71. The first kappa shape index (κ1) is 18.8. The van der Waals surface area contributed by atoms with E-state index in [0.29, 0.717) is 43.3 Å². The molecule has 5 nitrogen and oxygen atoms in total. The molecule has 0 saturated heterocycles. The number of oxazole rings is 1. The molecule has 1 amide bonds. The van der Waals surface area contributed by atoms with E-state index in [4.69, 9.17) is 27.6 Å². The molecule has 0 fully saturated rings. The van der Waals surface area contributed by atoms with Crippen LogP contribution < -0.4 is 5.32 Å². The van der Waals surface area contributed by atoms with Gasteiger partial charge in [0.05, 0.1) is 15.1 Å². The van der Waals surface area contributed by atoms with Gasteiger partial charge in [-0.3, -0.25) is 4.79 Å². The Hall–Kier alpha value is -2.54. The highest BCUT2D eigenvalue weighted by molar-refractivity contribution is 9.10. The summed E-state index contributed by atoms with van der Waals surface area (Å²) in [7, 11) is 0. The van der Waals surface area contributed by atoms with E-state index in [1.54, 1.807) is 48.5 Å². The van der Waals surface area contributed by atoms with E-state index in [1.807, 2.05) is 0 Å². The maximum Gasteiger partial charge on any atom is 0.257 e. The standard InChI is InChI=1S/C20H11BrCl2N2O3/c21-14-7-10(1-5-17(14)26)20-25-16-9-12(3-6-18(16)28-20)24-19(27)13-4-2-11(22)8-15(13)23/h1-9,26H,(H,24,27). The third-order valence-corrected chi connectivity index (χ3v) is 5.20. The van der Waals surface area contributed by atoms with Crippen LogP contribution in [0.25, 0.3) is 22.6 Å². The Balaban J connectivity index is 1.62. The molecule has 4 rings (SSSR count). The topological polar surface area (TPSA) is 75.4 Å². The van der Waals surface area contributed by atoms with Crippen molar-refractivity contribution in [1.82, 2.24) is 4.98 Å². The first-order chi connectivity index (χ1) is 13.4. The number of nitrogens with zero attached hydrogens (tertiary/aromatic N) is 1. The average Bonchev–Trinajstić information content (AvgIpc) is 3.07. The maximum absolute atomic E-state index is 12.5. The number of hydrogen-bond acceptors (Lipinski definition) is 4. The maximum atomic E-state index is 12.5. The number of aromatic nitrogens is 1. The van der Waals surface area contributed by atoms with Crippen LogP contribution in [-0.4, -0.2) is 16.0 Å². The number of carbonyl (C=O) groups excluding carboxylic acids is 1. The fourth-order valence-corrected chi connectivity index (χ4v) is 3.51. The van der Waals surface area contributed by atoms with Gasteiger partial charge in [0.25, 0.3) is 5.91 Å². The SMILES string of the molecule is O=C(Nc1ccc2oc(-c3ccc(O)c(Br)c3)nc2c1)c1ccc(Cl)cc1Cl. The smallest absolute Gasteiger partial charge is 0.257 e. The molecule has 0 aliphatic carbocycles. The second-order valence-electron chi connectivity index (χ2n) is 5.95. The van der Waals surface area contributed by atoms with Crippen molar-refractivity contribution < 1.29 is 14.3 Å². The first-order valence-corrected chi connectivity index (χ1v) is 9.61. The summed E-state index contributed by atoms with van der Waals surface area (Å²) in [6.07, 6.45) is 0. The molecule has 1 aromatic heterocycles. The van der Waals surface area contributed by atoms with Crippen molar-refractivity contribution in [3.8, 4) is 17.2 Å². The molecule has 2 N–H and O–H groups in total.